The molecule has 0 saturated heterocycles. The molecule has 4 nitrogen and oxygen atoms in total. The van der Waals surface area contributed by atoms with Gasteiger partial charge in [-0.15, -0.1) is 0 Å². The predicted octanol–water partition coefficient (Wildman–Crippen LogP) is 3.37. The molecule has 98 valence electrons. The molecule has 0 atom stereocenters. The zero-order chi connectivity index (χ0) is 13.7. The van der Waals surface area contributed by atoms with Crippen LogP contribution in [0, 0.1) is 3.57 Å². The number of rotatable bonds is 4. The lowest BCUT2D eigenvalue weighted by atomic mass is 10.2. The van der Waals surface area contributed by atoms with Gasteiger partial charge in [-0.3, -0.25) is 9.78 Å². The Kier molecular flexibility index (Phi) is 4.73. The third-order valence-corrected chi connectivity index (χ3v) is 3.50. The maximum absolute atomic E-state index is 12.3. The van der Waals surface area contributed by atoms with Gasteiger partial charge in [0.05, 0.1) is 16.9 Å². The molecule has 2 aromatic rings. The summed E-state index contributed by atoms with van der Waals surface area (Å²) in [7, 11) is 0. The molecular formula is C14H14IN3O. The Labute approximate surface area is 125 Å². The van der Waals surface area contributed by atoms with E-state index in [0.29, 0.717) is 5.56 Å². The SMILES string of the molecule is CCNc1ccncc1C(=O)Nc1ccccc1I. The van der Waals surface area contributed by atoms with E-state index in [-0.39, 0.29) is 5.91 Å². The summed E-state index contributed by atoms with van der Waals surface area (Å²) in [6, 6.07) is 9.46. The van der Waals surface area contributed by atoms with Gasteiger partial charge in [0.15, 0.2) is 0 Å². The summed E-state index contributed by atoms with van der Waals surface area (Å²) in [6.45, 7) is 2.75. The highest BCUT2D eigenvalue weighted by atomic mass is 127. The maximum Gasteiger partial charge on any atom is 0.259 e. The van der Waals surface area contributed by atoms with Crippen LogP contribution in [0.5, 0.6) is 0 Å². The van der Waals surface area contributed by atoms with Gasteiger partial charge in [0, 0.05) is 22.5 Å². The smallest absolute Gasteiger partial charge is 0.259 e. The van der Waals surface area contributed by atoms with Crippen LogP contribution in [0.25, 0.3) is 0 Å². The molecule has 1 heterocycles. The highest BCUT2D eigenvalue weighted by molar-refractivity contribution is 14.1. The van der Waals surface area contributed by atoms with Gasteiger partial charge in [-0.05, 0) is 47.7 Å². The number of carbonyl (C=O) groups excluding carboxylic acids is 1. The molecule has 5 heteroatoms. The van der Waals surface area contributed by atoms with Gasteiger partial charge in [0.1, 0.15) is 0 Å². The summed E-state index contributed by atoms with van der Waals surface area (Å²) in [5, 5.41) is 6.05. The zero-order valence-electron chi connectivity index (χ0n) is 10.5. The summed E-state index contributed by atoms with van der Waals surface area (Å²) < 4.78 is 1.00. The lowest BCUT2D eigenvalue weighted by Crippen LogP contribution is -2.15. The lowest BCUT2D eigenvalue weighted by Gasteiger charge is -2.11. The number of carbonyl (C=O) groups is 1. The van der Waals surface area contributed by atoms with Crippen LogP contribution >= 0.6 is 22.6 Å². The number of aromatic nitrogens is 1. The molecular weight excluding hydrogens is 353 g/mol. The van der Waals surface area contributed by atoms with E-state index in [4.69, 9.17) is 0 Å². The van der Waals surface area contributed by atoms with Crippen molar-refractivity contribution >= 4 is 39.9 Å². The Bertz CT molecular complexity index is 586. The van der Waals surface area contributed by atoms with Gasteiger partial charge < -0.3 is 10.6 Å². The van der Waals surface area contributed by atoms with E-state index in [9.17, 15) is 4.79 Å². The Morgan fingerprint density at radius 3 is 2.79 bits per heavy atom. The fraction of sp³-hybridized carbons (Fsp3) is 0.143. The Morgan fingerprint density at radius 2 is 2.05 bits per heavy atom. The van der Waals surface area contributed by atoms with Crippen LogP contribution in [0.15, 0.2) is 42.7 Å². The fourth-order valence-electron chi connectivity index (χ4n) is 1.67. The van der Waals surface area contributed by atoms with Crippen LogP contribution in [0.1, 0.15) is 17.3 Å². The molecule has 0 aliphatic rings. The largest absolute Gasteiger partial charge is 0.385 e. The first kappa shape index (κ1) is 13.8. The molecule has 0 saturated carbocycles. The second kappa shape index (κ2) is 6.51. The van der Waals surface area contributed by atoms with Crippen molar-refractivity contribution in [2.24, 2.45) is 0 Å². The summed E-state index contributed by atoms with van der Waals surface area (Å²) in [6.07, 6.45) is 3.24. The third-order valence-electron chi connectivity index (χ3n) is 2.55. The van der Waals surface area contributed by atoms with E-state index in [1.165, 1.54) is 0 Å². The van der Waals surface area contributed by atoms with Crippen molar-refractivity contribution in [3.63, 3.8) is 0 Å². The van der Waals surface area contributed by atoms with Gasteiger partial charge in [0.25, 0.3) is 5.91 Å². The second-order valence-electron chi connectivity index (χ2n) is 3.89. The molecule has 19 heavy (non-hydrogen) atoms. The molecule has 0 spiro atoms. The van der Waals surface area contributed by atoms with Gasteiger partial charge in [-0.1, -0.05) is 12.1 Å². The summed E-state index contributed by atoms with van der Waals surface area (Å²) in [5.74, 6) is -0.159. The number of pyridine rings is 1. The molecule has 1 amide bonds. The number of para-hydroxylation sites is 1. The highest BCUT2D eigenvalue weighted by Crippen LogP contribution is 2.20. The van der Waals surface area contributed by atoms with E-state index in [1.54, 1.807) is 18.5 Å². The topological polar surface area (TPSA) is 54.0 Å². The minimum atomic E-state index is -0.159. The zero-order valence-corrected chi connectivity index (χ0v) is 12.6. The standard InChI is InChI=1S/C14H14IN3O/c1-2-17-12-7-8-16-9-10(12)14(19)18-13-6-4-3-5-11(13)15/h3-9H,2H2,1H3,(H,16,17)(H,18,19). The Hall–Kier alpha value is -1.63. The molecule has 2 N–H and O–H groups in total. The minimum Gasteiger partial charge on any atom is -0.385 e. The molecule has 0 aliphatic carbocycles. The molecule has 0 aliphatic heterocycles. The number of halogens is 1. The first-order valence-corrected chi connectivity index (χ1v) is 7.04. The predicted molar refractivity (Wildman–Crippen MR) is 85.5 cm³/mol. The molecule has 0 radical (unpaired) electrons. The molecule has 0 bridgehead atoms. The van der Waals surface area contributed by atoms with Crippen molar-refractivity contribution in [2.75, 3.05) is 17.2 Å². The van der Waals surface area contributed by atoms with Crippen molar-refractivity contribution in [2.45, 2.75) is 6.92 Å². The van der Waals surface area contributed by atoms with Crippen LogP contribution in [0.2, 0.25) is 0 Å². The van der Waals surface area contributed by atoms with E-state index in [1.807, 2.05) is 31.2 Å². The maximum atomic E-state index is 12.3. The molecule has 0 unspecified atom stereocenters. The van der Waals surface area contributed by atoms with E-state index in [2.05, 4.69) is 38.2 Å². The molecule has 0 fully saturated rings. The van der Waals surface area contributed by atoms with Crippen molar-refractivity contribution in [1.82, 2.24) is 4.98 Å². The minimum absolute atomic E-state index is 0.159. The van der Waals surface area contributed by atoms with Crippen LogP contribution in [-0.4, -0.2) is 17.4 Å². The van der Waals surface area contributed by atoms with Crippen molar-refractivity contribution in [3.8, 4) is 0 Å². The quantitative estimate of drug-likeness (QED) is 0.815. The summed E-state index contributed by atoms with van der Waals surface area (Å²) in [5.41, 5.74) is 2.14. The molecule has 2 rings (SSSR count). The summed E-state index contributed by atoms with van der Waals surface area (Å²) >= 11 is 2.19. The summed E-state index contributed by atoms with van der Waals surface area (Å²) in [4.78, 5) is 16.3. The number of amides is 1. The Morgan fingerprint density at radius 1 is 1.26 bits per heavy atom. The fourth-order valence-corrected chi connectivity index (χ4v) is 2.19. The van der Waals surface area contributed by atoms with Gasteiger partial charge in [-0.25, -0.2) is 0 Å². The number of nitrogens with zero attached hydrogens (tertiary/aromatic N) is 1. The van der Waals surface area contributed by atoms with E-state index in [0.717, 1.165) is 21.5 Å². The van der Waals surface area contributed by atoms with Crippen molar-refractivity contribution < 1.29 is 4.79 Å². The number of nitrogens with one attached hydrogen (secondary N) is 2. The van der Waals surface area contributed by atoms with Gasteiger partial charge in [-0.2, -0.15) is 0 Å². The lowest BCUT2D eigenvalue weighted by molar-refractivity contribution is 0.102. The van der Waals surface area contributed by atoms with Crippen LogP contribution in [0.4, 0.5) is 11.4 Å². The average Bonchev–Trinajstić information content (AvgIpc) is 2.42. The van der Waals surface area contributed by atoms with Crippen LogP contribution < -0.4 is 10.6 Å². The van der Waals surface area contributed by atoms with E-state index < -0.39 is 0 Å². The normalized spacial score (nSPS) is 10.0. The number of benzene rings is 1. The van der Waals surface area contributed by atoms with Crippen molar-refractivity contribution in [1.29, 1.82) is 0 Å². The third kappa shape index (κ3) is 3.44. The first-order chi connectivity index (χ1) is 9.22. The van der Waals surface area contributed by atoms with Gasteiger partial charge in [0.2, 0.25) is 0 Å². The van der Waals surface area contributed by atoms with Gasteiger partial charge >= 0.3 is 0 Å². The number of hydrogen-bond acceptors (Lipinski definition) is 3. The monoisotopic (exact) mass is 367 g/mol. The highest BCUT2D eigenvalue weighted by Gasteiger charge is 2.12. The second-order valence-corrected chi connectivity index (χ2v) is 5.05. The number of anilines is 2. The molecule has 1 aromatic carbocycles. The first-order valence-electron chi connectivity index (χ1n) is 5.96. The van der Waals surface area contributed by atoms with Crippen LogP contribution in [0.3, 0.4) is 0 Å². The Balaban J connectivity index is 2.23. The van der Waals surface area contributed by atoms with Crippen LogP contribution in [-0.2, 0) is 0 Å². The van der Waals surface area contributed by atoms with Crippen molar-refractivity contribution in [3.05, 3.63) is 51.9 Å². The molecule has 1 aromatic heterocycles. The van der Waals surface area contributed by atoms with E-state index >= 15 is 0 Å². The number of hydrogen-bond donors (Lipinski definition) is 2. The average molecular weight is 367 g/mol.